The van der Waals surface area contributed by atoms with Crippen LogP contribution in [0.2, 0.25) is 0 Å². The van der Waals surface area contributed by atoms with Gasteiger partial charge in [0.25, 0.3) is 0 Å². The van der Waals surface area contributed by atoms with Gasteiger partial charge in [0.1, 0.15) is 11.6 Å². The Morgan fingerprint density at radius 1 is 1.19 bits per heavy atom. The molecule has 27 heavy (non-hydrogen) atoms. The Kier molecular flexibility index (Phi) is 6.48. The second-order valence-electron chi connectivity index (χ2n) is 6.09. The lowest BCUT2D eigenvalue weighted by Crippen LogP contribution is -2.36. The molecule has 0 unspecified atom stereocenters. The molecule has 0 aliphatic carbocycles. The van der Waals surface area contributed by atoms with E-state index in [-0.39, 0.29) is 17.9 Å². The fourth-order valence-corrected chi connectivity index (χ4v) is 2.73. The van der Waals surface area contributed by atoms with Crippen molar-refractivity contribution >= 4 is 17.4 Å². The Morgan fingerprint density at radius 2 is 2.00 bits per heavy atom. The van der Waals surface area contributed by atoms with E-state index in [1.54, 1.807) is 6.20 Å². The summed E-state index contributed by atoms with van der Waals surface area (Å²) in [6, 6.07) is 5.07. The topological polar surface area (TPSA) is 79.4 Å². The van der Waals surface area contributed by atoms with Crippen LogP contribution in [0.1, 0.15) is 5.56 Å². The third kappa shape index (κ3) is 5.58. The second kappa shape index (κ2) is 9.22. The van der Waals surface area contributed by atoms with E-state index < -0.39 is 11.6 Å². The number of halogens is 2. The predicted molar refractivity (Wildman–Crippen MR) is 96.6 cm³/mol. The number of anilines is 2. The molecule has 3 rings (SSSR count). The van der Waals surface area contributed by atoms with Gasteiger partial charge in [-0.2, -0.15) is 5.10 Å². The van der Waals surface area contributed by atoms with Crippen LogP contribution >= 0.6 is 0 Å². The molecule has 1 aliphatic heterocycles. The molecule has 144 valence electrons. The highest BCUT2D eigenvalue weighted by molar-refractivity contribution is 5.78. The minimum Gasteiger partial charge on any atom is -0.378 e. The lowest BCUT2D eigenvalue weighted by Gasteiger charge is -2.28. The first kappa shape index (κ1) is 19.0. The number of morpholine rings is 1. The molecular weight excluding hydrogens is 356 g/mol. The summed E-state index contributed by atoms with van der Waals surface area (Å²) in [5, 5.41) is 13.8. The lowest BCUT2D eigenvalue weighted by molar-refractivity contribution is -0.120. The van der Waals surface area contributed by atoms with Crippen LogP contribution in [0, 0.1) is 11.6 Å². The number of rotatable bonds is 7. The summed E-state index contributed by atoms with van der Waals surface area (Å²) >= 11 is 0. The SMILES string of the molecule is O=C(Cc1ccc(F)cc1F)NCCNc1cc(N2CCOCC2)cnn1. The molecule has 1 amide bonds. The van der Waals surface area contributed by atoms with Crippen molar-refractivity contribution in [3.05, 3.63) is 47.7 Å². The van der Waals surface area contributed by atoms with Crippen LogP contribution in [0.5, 0.6) is 0 Å². The molecule has 1 aliphatic rings. The zero-order valence-electron chi connectivity index (χ0n) is 14.8. The van der Waals surface area contributed by atoms with E-state index >= 15 is 0 Å². The number of hydrogen-bond donors (Lipinski definition) is 2. The van der Waals surface area contributed by atoms with Gasteiger partial charge in [-0.1, -0.05) is 6.07 Å². The van der Waals surface area contributed by atoms with Crippen molar-refractivity contribution < 1.29 is 18.3 Å². The molecule has 0 radical (unpaired) electrons. The lowest BCUT2D eigenvalue weighted by atomic mass is 10.1. The normalized spacial score (nSPS) is 14.1. The minimum atomic E-state index is -0.724. The molecule has 2 N–H and O–H groups in total. The largest absolute Gasteiger partial charge is 0.378 e. The van der Waals surface area contributed by atoms with Gasteiger partial charge in [-0.3, -0.25) is 4.79 Å². The second-order valence-corrected chi connectivity index (χ2v) is 6.09. The molecule has 1 fully saturated rings. The Labute approximate surface area is 155 Å². The molecule has 0 atom stereocenters. The van der Waals surface area contributed by atoms with E-state index in [1.165, 1.54) is 6.07 Å². The number of carbonyl (C=O) groups excluding carboxylic acids is 1. The highest BCUT2D eigenvalue weighted by Gasteiger charge is 2.12. The van der Waals surface area contributed by atoms with Crippen LogP contribution in [0.15, 0.2) is 30.5 Å². The van der Waals surface area contributed by atoms with Crippen LogP contribution in [-0.2, 0) is 16.0 Å². The zero-order valence-corrected chi connectivity index (χ0v) is 14.8. The van der Waals surface area contributed by atoms with Gasteiger partial charge in [0.15, 0.2) is 5.82 Å². The molecule has 1 aromatic carbocycles. The Balaban J connectivity index is 1.42. The van der Waals surface area contributed by atoms with Crippen LogP contribution in [0.3, 0.4) is 0 Å². The maximum Gasteiger partial charge on any atom is 0.224 e. The van der Waals surface area contributed by atoms with E-state index in [2.05, 4.69) is 25.7 Å². The summed E-state index contributed by atoms with van der Waals surface area (Å²) in [5.74, 6) is -1.12. The number of nitrogens with zero attached hydrogens (tertiary/aromatic N) is 3. The monoisotopic (exact) mass is 377 g/mol. The number of amides is 1. The molecule has 7 nitrogen and oxygen atoms in total. The standard InChI is InChI=1S/C18H21F2N5O2/c19-14-2-1-13(16(20)10-14)9-18(26)22-4-3-21-17-11-15(12-23-24-17)25-5-7-27-8-6-25/h1-2,10-12H,3-9H2,(H,21,24)(H,22,26). The van der Waals surface area contributed by atoms with Crippen LogP contribution < -0.4 is 15.5 Å². The number of nitrogens with one attached hydrogen (secondary N) is 2. The average molecular weight is 377 g/mol. The van der Waals surface area contributed by atoms with Gasteiger partial charge in [-0.15, -0.1) is 5.10 Å². The van der Waals surface area contributed by atoms with E-state index in [9.17, 15) is 13.6 Å². The van der Waals surface area contributed by atoms with Crippen molar-refractivity contribution in [1.29, 1.82) is 0 Å². The fraction of sp³-hybridized carbons (Fsp3) is 0.389. The first-order chi connectivity index (χ1) is 13.1. The summed E-state index contributed by atoms with van der Waals surface area (Å²) in [5.41, 5.74) is 1.12. The van der Waals surface area contributed by atoms with Gasteiger partial charge in [0.05, 0.1) is 31.5 Å². The summed E-state index contributed by atoms with van der Waals surface area (Å²) in [6.07, 6.45) is 1.56. The molecule has 0 saturated carbocycles. The minimum absolute atomic E-state index is 0.140. The van der Waals surface area contributed by atoms with Crippen molar-refractivity contribution in [3.63, 3.8) is 0 Å². The van der Waals surface area contributed by atoms with Gasteiger partial charge in [-0.05, 0) is 11.6 Å². The van der Waals surface area contributed by atoms with Crippen molar-refractivity contribution in [2.24, 2.45) is 0 Å². The number of aromatic nitrogens is 2. The van der Waals surface area contributed by atoms with Gasteiger partial charge < -0.3 is 20.3 Å². The number of carbonyl (C=O) groups is 1. The Hall–Kier alpha value is -2.81. The highest BCUT2D eigenvalue weighted by atomic mass is 19.1. The summed E-state index contributed by atoms with van der Waals surface area (Å²) in [6.45, 7) is 3.77. The van der Waals surface area contributed by atoms with Gasteiger partial charge >= 0.3 is 0 Å². The van der Waals surface area contributed by atoms with Crippen molar-refractivity contribution in [1.82, 2.24) is 15.5 Å². The molecule has 2 aromatic rings. The molecule has 0 spiro atoms. The smallest absolute Gasteiger partial charge is 0.224 e. The summed E-state index contributed by atoms with van der Waals surface area (Å²) in [4.78, 5) is 14.0. The van der Waals surface area contributed by atoms with E-state index in [0.29, 0.717) is 32.1 Å². The maximum absolute atomic E-state index is 13.6. The fourth-order valence-electron chi connectivity index (χ4n) is 2.73. The molecule has 1 saturated heterocycles. The van der Waals surface area contributed by atoms with Crippen LogP contribution in [0.25, 0.3) is 0 Å². The van der Waals surface area contributed by atoms with Gasteiger partial charge in [0, 0.05) is 38.3 Å². The zero-order chi connectivity index (χ0) is 19.1. The molecular formula is C18H21F2N5O2. The summed E-state index contributed by atoms with van der Waals surface area (Å²) in [7, 11) is 0. The molecule has 0 bridgehead atoms. The quantitative estimate of drug-likeness (QED) is 0.710. The van der Waals surface area contributed by atoms with E-state index in [4.69, 9.17) is 4.74 Å². The molecule has 9 heteroatoms. The third-order valence-corrected chi connectivity index (χ3v) is 4.14. The first-order valence-electron chi connectivity index (χ1n) is 8.72. The average Bonchev–Trinajstić information content (AvgIpc) is 2.68. The predicted octanol–water partition coefficient (Wildman–Crippen LogP) is 1.36. The van der Waals surface area contributed by atoms with Gasteiger partial charge in [0.2, 0.25) is 5.91 Å². The van der Waals surface area contributed by atoms with Crippen LogP contribution in [-0.4, -0.2) is 55.5 Å². The summed E-state index contributed by atoms with van der Waals surface area (Å²) < 4.78 is 31.8. The first-order valence-corrected chi connectivity index (χ1v) is 8.72. The molecule has 1 aromatic heterocycles. The van der Waals surface area contributed by atoms with Crippen molar-refractivity contribution in [2.75, 3.05) is 49.6 Å². The number of ether oxygens (including phenoxy) is 1. The Bertz CT molecular complexity index is 784. The maximum atomic E-state index is 13.6. The number of hydrogen-bond acceptors (Lipinski definition) is 6. The van der Waals surface area contributed by atoms with Crippen LogP contribution in [0.4, 0.5) is 20.3 Å². The third-order valence-electron chi connectivity index (χ3n) is 4.14. The number of benzene rings is 1. The Morgan fingerprint density at radius 3 is 2.78 bits per heavy atom. The molecule has 2 heterocycles. The van der Waals surface area contributed by atoms with E-state index in [0.717, 1.165) is 30.9 Å². The van der Waals surface area contributed by atoms with E-state index in [1.807, 2.05) is 6.07 Å². The highest BCUT2D eigenvalue weighted by Crippen LogP contribution is 2.16. The van der Waals surface area contributed by atoms with Crippen molar-refractivity contribution in [3.8, 4) is 0 Å². The van der Waals surface area contributed by atoms with Gasteiger partial charge in [-0.25, -0.2) is 8.78 Å². The van der Waals surface area contributed by atoms with Crippen molar-refractivity contribution in [2.45, 2.75) is 6.42 Å².